The number of aromatic nitrogens is 6. The molecule has 1 amide bonds. The smallest absolute Gasteiger partial charge is 0.311 e. The van der Waals surface area contributed by atoms with Gasteiger partial charge in [0.25, 0.3) is 0 Å². The Kier molecular flexibility index (Phi) is 3.75. The number of rotatable bonds is 5. The van der Waals surface area contributed by atoms with Crippen LogP contribution in [0.15, 0.2) is 0 Å². The summed E-state index contributed by atoms with van der Waals surface area (Å²) < 4.78 is 1.12. The maximum Gasteiger partial charge on any atom is 0.311 e. The number of aryl methyl sites for hydroxylation is 1. The maximum absolute atomic E-state index is 11.7. The van der Waals surface area contributed by atoms with Gasteiger partial charge in [0.15, 0.2) is 5.82 Å². The molecule has 2 N–H and O–H groups in total. The molecule has 0 fully saturated rings. The van der Waals surface area contributed by atoms with Gasteiger partial charge in [-0.15, -0.1) is 15.3 Å². The van der Waals surface area contributed by atoms with E-state index < -0.39 is 11.9 Å². The number of hydrogen-bond donors (Lipinski definition) is 2. The summed E-state index contributed by atoms with van der Waals surface area (Å²) in [4.78, 5) is 22.3. The quantitative estimate of drug-likeness (QED) is 0.720. The number of nitrogens with one attached hydrogen (secondary N) is 1. The van der Waals surface area contributed by atoms with E-state index in [1.165, 1.54) is 11.3 Å². The minimum Gasteiger partial charge on any atom is -0.481 e. The molecule has 0 atom stereocenters. The highest BCUT2D eigenvalue weighted by molar-refractivity contribution is 7.15. The summed E-state index contributed by atoms with van der Waals surface area (Å²) in [6.07, 6.45) is -0.349. The average Bonchev–Trinajstić information content (AvgIpc) is 2.88. The second kappa shape index (κ2) is 5.48. The lowest BCUT2D eigenvalue weighted by molar-refractivity contribution is -0.136. The molecule has 19 heavy (non-hydrogen) atoms. The van der Waals surface area contributed by atoms with Crippen LogP contribution < -0.4 is 5.32 Å². The third-order valence-electron chi connectivity index (χ3n) is 1.98. The molecule has 0 saturated carbocycles. The van der Waals surface area contributed by atoms with Crippen molar-refractivity contribution in [2.24, 2.45) is 0 Å². The normalized spacial score (nSPS) is 10.4. The zero-order valence-electron chi connectivity index (χ0n) is 9.77. The van der Waals surface area contributed by atoms with Crippen LogP contribution in [0.2, 0.25) is 0 Å². The number of carboxylic acid groups (broad SMARTS) is 1. The Morgan fingerprint density at radius 3 is 2.79 bits per heavy atom. The fourth-order valence-corrected chi connectivity index (χ4v) is 1.86. The van der Waals surface area contributed by atoms with Crippen LogP contribution in [-0.2, 0) is 22.6 Å². The Bertz CT molecular complexity index is 607. The second-order valence-electron chi connectivity index (χ2n) is 3.50. The van der Waals surface area contributed by atoms with Crippen molar-refractivity contribution in [1.82, 2.24) is 30.4 Å². The SMILES string of the molecule is Cc1nnc(NC(=O)Cn2nnnc2CC(=O)O)s1. The van der Waals surface area contributed by atoms with Crippen molar-refractivity contribution in [2.75, 3.05) is 5.32 Å². The van der Waals surface area contributed by atoms with E-state index in [9.17, 15) is 9.59 Å². The number of nitrogens with zero attached hydrogens (tertiary/aromatic N) is 6. The molecule has 0 saturated heterocycles. The number of carbonyl (C=O) groups excluding carboxylic acids is 1. The zero-order chi connectivity index (χ0) is 13.8. The van der Waals surface area contributed by atoms with Crippen molar-refractivity contribution in [3.05, 3.63) is 10.8 Å². The van der Waals surface area contributed by atoms with Crippen LogP contribution in [0.25, 0.3) is 0 Å². The highest BCUT2D eigenvalue weighted by Gasteiger charge is 2.14. The summed E-state index contributed by atoms with van der Waals surface area (Å²) in [7, 11) is 0. The van der Waals surface area contributed by atoms with Crippen LogP contribution in [0, 0.1) is 6.92 Å². The standard InChI is InChI=1S/C8H9N7O3S/c1-4-10-12-8(19-4)9-6(16)3-15-5(2-7(17)18)11-13-14-15/h2-3H2,1H3,(H,17,18)(H,9,12,16). The first-order chi connectivity index (χ1) is 9.04. The van der Waals surface area contributed by atoms with Crippen LogP contribution in [0.3, 0.4) is 0 Å². The molecule has 11 heteroatoms. The van der Waals surface area contributed by atoms with Crippen LogP contribution in [0.5, 0.6) is 0 Å². The Morgan fingerprint density at radius 1 is 1.37 bits per heavy atom. The summed E-state index contributed by atoms with van der Waals surface area (Å²) in [5.41, 5.74) is 0. The fourth-order valence-electron chi connectivity index (χ4n) is 1.25. The van der Waals surface area contributed by atoms with Crippen LogP contribution in [0.1, 0.15) is 10.8 Å². The lowest BCUT2D eigenvalue weighted by atomic mass is 10.4. The molecule has 2 aromatic heterocycles. The lowest BCUT2D eigenvalue weighted by Gasteiger charge is -2.02. The molecule has 2 rings (SSSR count). The van der Waals surface area contributed by atoms with E-state index in [0.29, 0.717) is 5.13 Å². The number of tetrazole rings is 1. The van der Waals surface area contributed by atoms with Gasteiger partial charge >= 0.3 is 5.97 Å². The first kappa shape index (κ1) is 13.0. The Balaban J connectivity index is 1.99. The van der Waals surface area contributed by atoms with Crippen molar-refractivity contribution < 1.29 is 14.7 Å². The summed E-state index contributed by atoms with van der Waals surface area (Å²) >= 11 is 1.23. The molecule has 0 aromatic carbocycles. The minimum atomic E-state index is -1.07. The molecule has 0 bridgehead atoms. The monoisotopic (exact) mass is 283 g/mol. The number of carbonyl (C=O) groups is 2. The van der Waals surface area contributed by atoms with Crippen molar-refractivity contribution in [2.45, 2.75) is 19.9 Å². The maximum atomic E-state index is 11.7. The predicted molar refractivity (Wildman–Crippen MR) is 62.4 cm³/mol. The van der Waals surface area contributed by atoms with Crippen molar-refractivity contribution in [3.8, 4) is 0 Å². The zero-order valence-corrected chi connectivity index (χ0v) is 10.6. The first-order valence-corrected chi connectivity index (χ1v) is 5.93. The van der Waals surface area contributed by atoms with E-state index in [0.717, 1.165) is 9.69 Å². The topological polar surface area (TPSA) is 136 Å². The number of hydrogen-bond acceptors (Lipinski definition) is 8. The summed E-state index contributed by atoms with van der Waals surface area (Å²) in [5.74, 6) is -1.37. The van der Waals surface area contributed by atoms with E-state index in [-0.39, 0.29) is 18.8 Å². The van der Waals surface area contributed by atoms with E-state index in [1.54, 1.807) is 6.92 Å². The Labute approximate surface area is 110 Å². The molecule has 0 unspecified atom stereocenters. The summed E-state index contributed by atoms with van der Waals surface area (Å²) in [5, 5.41) is 30.2. The van der Waals surface area contributed by atoms with Gasteiger partial charge in [-0.1, -0.05) is 11.3 Å². The van der Waals surface area contributed by atoms with Crippen LogP contribution in [-0.4, -0.2) is 47.4 Å². The summed E-state index contributed by atoms with van der Waals surface area (Å²) in [6, 6.07) is 0. The van der Waals surface area contributed by atoms with Crippen molar-refractivity contribution in [1.29, 1.82) is 0 Å². The first-order valence-electron chi connectivity index (χ1n) is 5.11. The molecule has 2 aromatic rings. The molecule has 0 aliphatic rings. The molecule has 0 aliphatic heterocycles. The van der Waals surface area contributed by atoms with Crippen LogP contribution in [0.4, 0.5) is 5.13 Å². The highest BCUT2D eigenvalue weighted by atomic mass is 32.1. The molecule has 0 radical (unpaired) electrons. The third kappa shape index (κ3) is 3.51. The summed E-state index contributed by atoms with van der Waals surface area (Å²) in [6.45, 7) is 1.58. The predicted octanol–water partition coefficient (Wildman–Crippen LogP) is -0.901. The van der Waals surface area contributed by atoms with Gasteiger partial charge in [-0.3, -0.25) is 14.9 Å². The van der Waals surface area contributed by atoms with Crippen molar-refractivity contribution in [3.63, 3.8) is 0 Å². The van der Waals surface area contributed by atoms with E-state index in [2.05, 4.69) is 31.0 Å². The number of amides is 1. The minimum absolute atomic E-state index is 0.107. The van der Waals surface area contributed by atoms with E-state index in [4.69, 9.17) is 5.11 Å². The molecule has 2 heterocycles. The molecule has 0 spiro atoms. The molecule has 0 aliphatic carbocycles. The average molecular weight is 283 g/mol. The highest BCUT2D eigenvalue weighted by Crippen LogP contribution is 2.13. The fraction of sp³-hybridized carbons (Fsp3) is 0.375. The second-order valence-corrected chi connectivity index (χ2v) is 4.68. The lowest BCUT2D eigenvalue weighted by Crippen LogP contribution is -2.22. The van der Waals surface area contributed by atoms with E-state index in [1.807, 2.05) is 0 Å². The van der Waals surface area contributed by atoms with Gasteiger partial charge in [0.1, 0.15) is 18.0 Å². The van der Waals surface area contributed by atoms with Gasteiger partial charge in [-0.25, -0.2) is 4.68 Å². The molecular formula is C8H9N7O3S. The largest absolute Gasteiger partial charge is 0.481 e. The van der Waals surface area contributed by atoms with Crippen molar-refractivity contribution >= 4 is 28.3 Å². The number of aliphatic carboxylic acids is 1. The Morgan fingerprint density at radius 2 is 2.16 bits per heavy atom. The van der Waals surface area contributed by atoms with Crippen LogP contribution >= 0.6 is 11.3 Å². The van der Waals surface area contributed by atoms with Gasteiger partial charge in [0.2, 0.25) is 11.0 Å². The molecular weight excluding hydrogens is 274 g/mol. The van der Waals surface area contributed by atoms with Gasteiger partial charge in [-0.2, -0.15) is 0 Å². The number of anilines is 1. The van der Waals surface area contributed by atoms with Gasteiger partial charge in [-0.05, 0) is 17.4 Å². The van der Waals surface area contributed by atoms with Gasteiger partial charge < -0.3 is 5.11 Å². The van der Waals surface area contributed by atoms with Gasteiger partial charge in [0, 0.05) is 0 Å². The van der Waals surface area contributed by atoms with Gasteiger partial charge in [0.05, 0.1) is 0 Å². The molecule has 100 valence electrons. The number of carboxylic acids is 1. The third-order valence-corrected chi connectivity index (χ3v) is 2.74. The Hall–Kier alpha value is -2.43. The molecule has 10 nitrogen and oxygen atoms in total. The van der Waals surface area contributed by atoms with E-state index >= 15 is 0 Å².